The van der Waals surface area contributed by atoms with Crippen LogP contribution in [0.15, 0.2) is 0 Å². The Labute approximate surface area is 88.9 Å². The van der Waals surface area contributed by atoms with Crippen molar-refractivity contribution in [3.8, 4) is 12.3 Å². The first-order chi connectivity index (χ1) is 7.24. The molecule has 15 heavy (non-hydrogen) atoms. The Morgan fingerprint density at radius 2 is 1.87 bits per heavy atom. The molecule has 1 aliphatic carbocycles. The average molecular weight is 210 g/mol. The van der Waals surface area contributed by atoms with E-state index in [1.54, 1.807) is 0 Å². The fourth-order valence-electron chi connectivity index (χ4n) is 1.55. The summed E-state index contributed by atoms with van der Waals surface area (Å²) in [5, 5.41) is 0. The molecule has 0 spiro atoms. The molecule has 0 aromatic carbocycles. The Hall–Kier alpha value is -1.50. The summed E-state index contributed by atoms with van der Waals surface area (Å²) < 4.78 is 9.41. The van der Waals surface area contributed by atoms with Crippen LogP contribution in [0.3, 0.4) is 0 Å². The molecule has 0 bridgehead atoms. The summed E-state index contributed by atoms with van der Waals surface area (Å²) in [5.74, 6) is 0.172. The van der Waals surface area contributed by atoms with Crippen molar-refractivity contribution < 1.29 is 19.1 Å². The molecule has 4 nitrogen and oxygen atoms in total. The second-order valence-corrected chi connectivity index (χ2v) is 3.45. The molecule has 82 valence electrons. The number of carbonyl (C=O) groups is 2. The molecule has 1 saturated carbocycles. The number of hydrogen-bond acceptors (Lipinski definition) is 4. The minimum atomic E-state index is -1.00. The zero-order chi connectivity index (χ0) is 11.1. The van der Waals surface area contributed by atoms with E-state index in [4.69, 9.17) is 11.2 Å². The van der Waals surface area contributed by atoms with Crippen LogP contribution in [0.1, 0.15) is 32.1 Å². The molecule has 0 radical (unpaired) electrons. The van der Waals surface area contributed by atoms with Crippen molar-refractivity contribution in [2.45, 2.75) is 38.2 Å². The van der Waals surface area contributed by atoms with Gasteiger partial charge < -0.3 is 9.47 Å². The van der Waals surface area contributed by atoms with Gasteiger partial charge in [0, 0.05) is 0 Å². The monoisotopic (exact) mass is 210 g/mol. The first-order valence-corrected chi connectivity index (χ1v) is 5.05. The summed E-state index contributed by atoms with van der Waals surface area (Å²) in [7, 11) is 0. The number of hydrogen-bond donors (Lipinski definition) is 0. The summed E-state index contributed by atoms with van der Waals surface area (Å²) in [6.07, 6.45) is 9.64. The van der Waals surface area contributed by atoms with Gasteiger partial charge in [0.1, 0.15) is 6.10 Å². The van der Waals surface area contributed by atoms with Crippen LogP contribution < -0.4 is 0 Å². The van der Waals surface area contributed by atoms with Gasteiger partial charge in [0.2, 0.25) is 0 Å². The first kappa shape index (κ1) is 11.6. The molecule has 0 aromatic rings. The Morgan fingerprint density at radius 1 is 1.20 bits per heavy atom. The minimum absolute atomic E-state index is 0.135. The second kappa shape index (κ2) is 6.07. The highest BCUT2D eigenvalue weighted by Crippen LogP contribution is 2.20. The standard InChI is InChI=1S/C11H14O4/c1-2-8-14-10(12)11(13)15-9-6-4-3-5-7-9/h1,9H,3-8H2. The molecule has 0 amide bonds. The minimum Gasteiger partial charge on any atom is -0.454 e. The lowest BCUT2D eigenvalue weighted by Gasteiger charge is -2.20. The molecule has 4 heteroatoms. The number of esters is 2. The molecule has 0 unspecified atom stereocenters. The van der Waals surface area contributed by atoms with E-state index in [0.717, 1.165) is 32.1 Å². The van der Waals surface area contributed by atoms with Gasteiger partial charge in [-0.1, -0.05) is 12.3 Å². The quantitative estimate of drug-likeness (QED) is 0.388. The molecule has 0 aliphatic heterocycles. The largest absolute Gasteiger partial charge is 0.454 e. The molecule has 0 atom stereocenters. The summed E-state index contributed by atoms with van der Waals surface area (Å²) in [5.41, 5.74) is 0. The smallest absolute Gasteiger partial charge is 0.418 e. The van der Waals surface area contributed by atoms with Crippen LogP contribution in [0.25, 0.3) is 0 Å². The van der Waals surface area contributed by atoms with E-state index in [-0.39, 0.29) is 12.7 Å². The van der Waals surface area contributed by atoms with E-state index in [2.05, 4.69) is 10.7 Å². The van der Waals surface area contributed by atoms with E-state index < -0.39 is 11.9 Å². The Kier molecular flexibility index (Phi) is 4.69. The number of rotatable bonds is 2. The average Bonchev–Trinajstić information content (AvgIpc) is 2.27. The molecule has 0 aromatic heterocycles. The zero-order valence-electron chi connectivity index (χ0n) is 8.53. The highest BCUT2D eigenvalue weighted by molar-refractivity contribution is 6.29. The third-order valence-corrected chi connectivity index (χ3v) is 2.28. The Bertz CT molecular complexity index is 271. The molecule has 1 fully saturated rings. The van der Waals surface area contributed by atoms with Crippen LogP contribution in [0.4, 0.5) is 0 Å². The second-order valence-electron chi connectivity index (χ2n) is 3.45. The van der Waals surface area contributed by atoms with Crippen LogP contribution in [0.5, 0.6) is 0 Å². The predicted octanol–water partition coefficient (Wildman–Crippen LogP) is 1.04. The van der Waals surface area contributed by atoms with Crippen molar-refractivity contribution >= 4 is 11.9 Å². The van der Waals surface area contributed by atoms with Gasteiger partial charge in [0.05, 0.1) is 0 Å². The van der Waals surface area contributed by atoms with Crippen LogP contribution >= 0.6 is 0 Å². The maximum Gasteiger partial charge on any atom is 0.418 e. The van der Waals surface area contributed by atoms with Crippen LogP contribution in [-0.2, 0) is 19.1 Å². The van der Waals surface area contributed by atoms with Gasteiger partial charge >= 0.3 is 11.9 Å². The molecule has 1 aliphatic rings. The van der Waals surface area contributed by atoms with E-state index >= 15 is 0 Å². The Morgan fingerprint density at radius 3 is 2.47 bits per heavy atom. The number of carbonyl (C=O) groups excluding carboxylic acids is 2. The molecular formula is C11H14O4. The van der Waals surface area contributed by atoms with E-state index in [9.17, 15) is 9.59 Å². The van der Waals surface area contributed by atoms with E-state index in [0.29, 0.717) is 0 Å². The highest BCUT2D eigenvalue weighted by atomic mass is 16.6. The van der Waals surface area contributed by atoms with E-state index in [1.807, 2.05) is 0 Å². The van der Waals surface area contributed by atoms with Gasteiger partial charge in [-0.05, 0) is 25.7 Å². The van der Waals surface area contributed by atoms with Gasteiger partial charge in [-0.2, -0.15) is 0 Å². The van der Waals surface area contributed by atoms with Crippen molar-refractivity contribution in [1.82, 2.24) is 0 Å². The Balaban J connectivity index is 2.27. The van der Waals surface area contributed by atoms with Crippen LogP contribution in [0, 0.1) is 12.3 Å². The highest BCUT2D eigenvalue weighted by Gasteiger charge is 2.23. The molecule has 1 rings (SSSR count). The van der Waals surface area contributed by atoms with Crippen molar-refractivity contribution in [3.05, 3.63) is 0 Å². The van der Waals surface area contributed by atoms with Gasteiger partial charge in [-0.15, -0.1) is 6.42 Å². The zero-order valence-corrected chi connectivity index (χ0v) is 8.53. The topological polar surface area (TPSA) is 52.6 Å². The maximum absolute atomic E-state index is 11.2. The number of terminal acetylenes is 1. The summed E-state index contributed by atoms with van der Waals surface area (Å²) >= 11 is 0. The molecule has 0 N–H and O–H groups in total. The van der Waals surface area contributed by atoms with Crippen LogP contribution in [-0.4, -0.2) is 24.6 Å². The van der Waals surface area contributed by atoms with Crippen molar-refractivity contribution in [3.63, 3.8) is 0 Å². The first-order valence-electron chi connectivity index (χ1n) is 5.05. The summed E-state index contributed by atoms with van der Waals surface area (Å²) in [6, 6.07) is 0. The predicted molar refractivity (Wildman–Crippen MR) is 52.8 cm³/mol. The van der Waals surface area contributed by atoms with E-state index in [1.165, 1.54) is 0 Å². The lowest BCUT2D eigenvalue weighted by atomic mass is 9.98. The fourth-order valence-corrected chi connectivity index (χ4v) is 1.55. The number of ether oxygens (including phenoxy) is 2. The summed E-state index contributed by atoms with van der Waals surface area (Å²) in [4.78, 5) is 22.1. The normalized spacial score (nSPS) is 16.5. The van der Waals surface area contributed by atoms with Crippen molar-refractivity contribution in [2.24, 2.45) is 0 Å². The molecule has 0 saturated heterocycles. The molecular weight excluding hydrogens is 196 g/mol. The van der Waals surface area contributed by atoms with Gasteiger partial charge in [-0.25, -0.2) is 9.59 Å². The maximum atomic E-state index is 11.2. The third-order valence-electron chi connectivity index (χ3n) is 2.28. The van der Waals surface area contributed by atoms with Gasteiger partial charge in [0.25, 0.3) is 0 Å². The van der Waals surface area contributed by atoms with Gasteiger partial charge in [0.15, 0.2) is 6.61 Å². The van der Waals surface area contributed by atoms with Gasteiger partial charge in [-0.3, -0.25) is 0 Å². The lowest BCUT2D eigenvalue weighted by Crippen LogP contribution is -2.27. The van der Waals surface area contributed by atoms with Crippen molar-refractivity contribution in [2.75, 3.05) is 6.61 Å². The van der Waals surface area contributed by atoms with Crippen LogP contribution in [0.2, 0.25) is 0 Å². The lowest BCUT2D eigenvalue weighted by molar-refractivity contribution is -0.171. The molecule has 0 heterocycles. The SMILES string of the molecule is C#CCOC(=O)C(=O)OC1CCCCC1. The van der Waals surface area contributed by atoms with Crippen molar-refractivity contribution in [1.29, 1.82) is 0 Å². The summed E-state index contributed by atoms with van der Waals surface area (Å²) in [6.45, 7) is -0.196. The fraction of sp³-hybridized carbons (Fsp3) is 0.636. The third kappa shape index (κ3) is 4.03.